The summed E-state index contributed by atoms with van der Waals surface area (Å²) in [5.41, 5.74) is 1.18. The zero-order chi connectivity index (χ0) is 14.7. The second-order valence-electron chi connectivity index (χ2n) is 6.11. The summed E-state index contributed by atoms with van der Waals surface area (Å²) in [5.74, 6) is 0.878. The summed E-state index contributed by atoms with van der Waals surface area (Å²) in [6.45, 7) is 0.695. The Morgan fingerprint density at radius 2 is 1.95 bits per heavy atom. The molecule has 1 amide bonds. The molecule has 0 bridgehead atoms. The molecule has 1 heterocycles. The molecule has 1 aromatic carbocycles. The minimum Gasteiger partial charge on any atom is -0.335 e. The summed E-state index contributed by atoms with van der Waals surface area (Å²) in [6, 6.07) is 10.4. The van der Waals surface area contributed by atoms with Gasteiger partial charge in [-0.2, -0.15) is 0 Å². The van der Waals surface area contributed by atoms with E-state index in [9.17, 15) is 9.59 Å². The molecule has 0 N–H and O–H groups in total. The zero-order valence-electron chi connectivity index (χ0n) is 12.2. The van der Waals surface area contributed by atoms with Crippen LogP contribution in [0.15, 0.2) is 42.5 Å². The van der Waals surface area contributed by atoms with Gasteiger partial charge >= 0.3 is 0 Å². The SMILES string of the molecule is O=C1C=CC[C@H](C[C@@H]2CCC(=O)N2Cc2ccccc2)C1. The molecule has 1 saturated heterocycles. The third-order valence-corrected chi connectivity index (χ3v) is 4.52. The van der Waals surface area contributed by atoms with E-state index in [-0.39, 0.29) is 11.7 Å². The van der Waals surface area contributed by atoms with E-state index in [2.05, 4.69) is 12.1 Å². The predicted molar refractivity (Wildman–Crippen MR) is 81.5 cm³/mol. The third kappa shape index (κ3) is 3.41. The Hall–Kier alpha value is -1.90. The highest BCUT2D eigenvalue weighted by molar-refractivity contribution is 5.90. The molecule has 1 aliphatic heterocycles. The van der Waals surface area contributed by atoms with Gasteiger partial charge in [-0.3, -0.25) is 9.59 Å². The number of ketones is 1. The third-order valence-electron chi connectivity index (χ3n) is 4.52. The molecule has 3 rings (SSSR count). The molecule has 110 valence electrons. The Morgan fingerprint density at radius 3 is 2.71 bits per heavy atom. The summed E-state index contributed by atoms with van der Waals surface area (Å²) in [4.78, 5) is 25.7. The van der Waals surface area contributed by atoms with Crippen LogP contribution in [0.25, 0.3) is 0 Å². The van der Waals surface area contributed by atoms with Gasteiger partial charge in [-0.05, 0) is 36.8 Å². The Balaban J connectivity index is 1.65. The highest BCUT2D eigenvalue weighted by atomic mass is 16.2. The fraction of sp³-hybridized carbons (Fsp3) is 0.444. The van der Waals surface area contributed by atoms with Crippen LogP contribution in [0.1, 0.15) is 37.7 Å². The highest BCUT2D eigenvalue weighted by Gasteiger charge is 2.33. The minimum absolute atomic E-state index is 0.227. The van der Waals surface area contributed by atoms with Gasteiger partial charge in [0.1, 0.15) is 0 Å². The van der Waals surface area contributed by atoms with Gasteiger partial charge < -0.3 is 4.90 Å². The first-order valence-electron chi connectivity index (χ1n) is 7.75. The van der Waals surface area contributed by atoms with E-state index in [1.807, 2.05) is 29.2 Å². The smallest absolute Gasteiger partial charge is 0.223 e. The number of rotatable bonds is 4. The zero-order valence-corrected chi connectivity index (χ0v) is 12.2. The number of hydrogen-bond acceptors (Lipinski definition) is 2. The highest BCUT2D eigenvalue weighted by Crippen LogP contribution is 2.30. The summed E-state index contributed by atoms with van der Waals surface area (Å²) in [6.07, 6.45) is 7.81. The lowest BCUT2D eigenvalue weighted by atomic mass is 9.87. The van der Waals surface area contributed by atoms with Gasteiger partial charge in [-0.1, -0.05) is 36.4 Å². The van der Waals surface area contributed by atoms with Crippen LogP contribution in [-0.4, -0.2) is 22.6 Å². The second-order valence-corrected chi connectivity index (χ2v) is 6.11. The molecule has 1 aliphatic carbocycles. The van der Waals surface area contributed by atoms with Crippen molar-refractivity contribution in [2.45, 2.75) is 44.7 Å². The van der Waals surface area contributed by atoms with Crippen molar-refractivity contribution in [2.24, 2.45) is 5.92 Å². The fourth-order valence-electron chi connectivity index (χ4n) is 3.43. The number of benzene rings is 1. The summed E-state index contributed by atoms with van der Waals surface area (Å²) < 4.78 is 0. The molecule has 21 heavy (non-hydrogen) atoms. The number of allylic oxidation sites excluding steroid dienone is 2. The van der Waals surface area contributed by atoms with Crippen molar-refractivity contribution in [3.63, 3.8) is 0 Å². The van der Waals surface area contributed by atoms with E-state index < -0.39 is 0 Å². The van der Waals surface area contributed by atoms with Crippen LogP contribution in [0.2, 0.25) is 0 Å². The molecular formula is C18H21NO2. The molecule has 0 saturated carbocycles. The first-order chi connectivity index (χ1) is 10.2. The van der Waals surface area contributed by atoms with E-state index in [0.717, 1.165) is 19.3 Å². The van der Waals surface area contributed by atoms with Gasteiger partial charge in [0.2, 0.25) is 5.91 Å². The fourth-order valence-corrected chi connectivity index (χ4v) is 3.43. The van der Waals surface area contributed by atoms with Gasteiger partial charge in [0, 0.05) is 25.4 Å². The molecular weight excluding hydrogens is 262 g/mol. The maximum Gasteiger partial charge on any atom is 0.223 e. The van der Waals surface area contributed by atoms with E-state index in [1.54, 1.807) is 6.08 Å². The molecule has 0 spiro atoms. The van der Waals surface area contributed by atoms with Crippen molar-refractivity contribution in [2.75, 3.05) is 0 Å². The van der Waals surface area contributed by atoms with E-state index in [1.165, 1.54) is 5.56 Å². The summed E-state index contributed by atoms with van der Waals surface area (Å²) >= 11 is 0. The number of carbonyl (C=O) groups excluding carboxylic acids is 2. The Labute approximate surface area is 125 Å². The normalized spacial score (nSPS) is 25.6. The lowest BCUT2D eigenvalue weighted by molar-refractivity contribution is -0.129. The van der Waals surface area contributed by atoms with Crippen molar-refractivity contribution in [1.29, 1.82) is 0 Å². The standard InChI is InChI=1S/C18H21NO2/c20-17-8-4-7-15(12-17)11-16-9-10-18(21)19(16)13-14-5-2-1-3-6-14/h1-6,8,15-16H,7,9-13H2/t15-,16+/m1/s1. The van der Waals surface area contributed by atoms with Crippen molar-refractivity contribution in [3.8, 4) is 0 Å². The second kappa shape index (κ2) is 6.25. The quantitative estimate of drug-likeness (QED) is 0.851. The van der Waals surface area contributed by atoms with Crippen LogP contribution >= 0.6 is 0 Å². The van der Waals surface area contributed by atoms with Crippen LogP contribution in [0.3, 0.4) is 0 Å². The van der Waals surface area contributed by atoms with E-state index in [0.29, 0.717) is 31.3 Å². The van der Waals surface area contributed by atoms with Crippen molar-refractivity contribution >= 4 is 11.7 Å². The van der Waals surface area contributed by atoms with Gasteiger partial charge in [-0.25, -0.2) is 0 Å². The lowest BCUT2D eigenvalue weighted by Crippen LogP contribution is -2.34. The molecule has 2 atom stereocenters. The summed E-state index contributed by atoms with van der Waals surface area (Å²) in [5, 5.41) is 0. The van der Waals surface area contributed by atoms with Gasteiger partial charge in [0.05, 0.1) is 0 Å². The van der Waals surface area contributed by atoms with Crippen LogP contribution in [0.5, 0.6) is 0 Å². The molecule has 1 fully saturated rings. The lowest BCUT2D eigenvalue weighted by Gasteiger charge is -2.28. The van der Waals surface area contributed by atoms with Crippen molar-refractivity contribution in [1.82, 2.24) is 4.90 Å². The molecule has 2 aliphatic rings. The predicted octanol–water partition coefficient (Wildman–Crippen LogP) is 3.10. The minimum atomic E-state index is 0.227. The Kier molecular flexibility index (Phi) is 4.18. The van der Waals surface area contributed by atoms with E-state index in [4.69, 9.17) is 0 Å². The van der Waals surface area contributed by atoms with Gasteiger partial charge in [-0.15, -0.1) is 0 Å². The molecule has 3 nitrogen and oxygen atoms in total. The summed E-state index contributed by atoms with van der Waals surface area (Å²) in [7, 11) is 0. The number of nitrogens with zero attached hydrogens (tertiary/aromatic N) is 1. The molecule has 1 aromatic rings. The van der Waals surface area contributed by atoms with Crippen LogP contribution in [0, 0.1) is 5.92 Å². The molecule has 0 aromatic heterocycles. The molecule has 3 heteroatoms. The first kappa shape index (κ1) is 14.1. The first-order valence-corrected chi connectivity index (χ1v) is 7.75. The Bertz CT molecular complexity index is 550. The molecule has 0 radical (unpaired) electrons. The average Bonchev–Trinajstić information content (AvgIpc) is 2.81. The maximum absolute atomic E-state index is 12.1. The van der Waals surface area contributed by atoms with Crippen LogP contribution in [0.4, 0.5) is 0 Å². The van der Waals surface area contributed by atoms with Gasteiger partial charge in [0.25, 0.3) is 0 Å². The maximum atomic E-state index is 12.1. The van der Waals surface area contributed by atoms with Crippen LogP contribution < -0.4 is 0 Å². The van der Waals surface area contributed by atoms with Crippen molar-refractivity contribution < 1.29 is 9.59 Å². The monoisotopic (exact) mass is 283 g/mol. The van der Waals surface area contributed by atoms with Crippen LogP contribution in [-0.2, 0) is 16.1 Å². The topological polar surface area (TPSA) is 37.4 Å². The largest absolute Gasteiger partial charge is 0.335 e. The molecule has 0 unspecified atom stereocenters. The number of amides is 1. The van der Waals surface area contributed by atoms with Gasteiger partial charge in [0.15, 0.2) is 5.78 Å². The van der Waals surface area contributed by atoms with E-state index >= 15 is 0 Å². The Morgan fingerprint density at radius 1 is 1.14 bits per heavy atom. The average molecular weight is 283 g/mol. The number of carbonyl (C=O) groups is 2. The van der Waals surface area contributed by atoms with Crippen molar-refractivity contribution in [3.05, 3.63) is 48.0 Å². The number of likely N-dealkylation sites (tertiary alicyclic amines) is 1. The number of hydrogen-bond donors (Lipinski definition) is 0.